The minimum atomic E-state index is -4.77. The molecule has 0 aromatic carbocycles. The third-order valence-electron chi connectivity index (χ3n) is 1.99. The molecule has 92 valence electrons. The zero-order chi connectivity index (χ0) is 12.9. The third kappa shape index (κ3) is 4.98. The zero-order valence-corrected chi connectivity index (χ0v) is 8.95. The smallest absolute Gasteiger partial charge is 0.403 e. The first kappa shape index (κ1) is 14.7. The van der Waals surface area contributed by atoms with Crippen LogP contribution in [0.4, 0.5) is 13.2 Å². The fourth-order valence-electron chi connectivity index (χ4n) is 1.22. The third-order valence-corrected chi connectivity index (χ3v) is 1.99. The van der Waals surface area contributed by atoms with E-state index in [0.29, 0.717) is 0 Å². The van der Waals surface area contributed by atoms with Crippen molar-refractivity contribution in [1.82, 2.24) is 4.90 Å². The molecule has 16 heavy (non-hydrogen) atoms. The molecule has 0 saturated carbocycles. The molecule has 0 spiro atoms. The number of hydrogen-bond acceptors (Lipinski definition) is 3. The number of alkyl halides is 3. The summed E-state index contributed by atoms with van der Waals surface area (Å²) >= 11 is 0. The number of nitrogens with zero attached hydrogens (tertiary/aromatic N) is 2. The van der Waals surface area contributed by atoms with Crippen molar-refractivity contribution in [3.05, 3.63) is 0 Å². The molecule has 0 bridgehead atoms. The molecule has 0 aromatic heterocycles. The molecule has 0 heterocycles. The van der Waals surface area contributed by atoms with E-state index in [1.807, 2.05) is 6.07 Å². The van der Waals surface area contributed by atoms with Crippen LogP contribution in [0.5, 0.6) is 0 Å². The van der Waals surface area contributed by atoms with E-state index in [1.54, 1.807) is 6.92 Å². The summed E-state index contributed by atoms with van der Waals surface area (Å²) in [6.07, 6.45) is -4.77. The van der Waals surface area contributed by atoms with Crippen LogP contribution in [0.3, 0.4) is 0 Å². The van der Waals surface area contributed by atoms with Gasteiger partial charge in [-0.15, -0.1) is 0 Å². The second kappa shape index (κ2) is 5.70. The fraction of sp³-hybridized carbons (Fsp3) is 0.778. The number of carbonyl (C=O) groups is 1. The first-order chi connectivity index (χ1) is 7.18. The summed E-state index contributed by atoms with van der Waals surface area (Å²) < 4.78 is 36.8. The predicted octanol–water partition coefficient (Wildman–Crippen LogP) is 1.34. The van der Waals surface area contributed by atoms with Crippen LogP contribution < -0.4 is 0 Å². The number of hydrogen-bond donors (Lipinski definition) is 1. The van der Waals surface area contributed by atoms with Gasteiger partial charge in [-0.05, 0) is 14.0 Å². The summed E-state index contributed by atoms with van der Waals surface area (Å²) in [5.41, 5.74) is 0. The molecule has 0 aromatic rings. The van der Waals surface area contributed by atoms with Gasteiger partial charge < -0.3 is 10.0 Å². The molecule has 1 N–H and O–H groups in total. The SMILES string of the molecule is CC(C#N)CN(C)CC(C(=O)O)C(F)(F)F. The molecule has 7 heteroatoms. The summed E-state index contributed by atoms with van der Waals surface area (Å²) in [4.78, 5) is 11.6. The van der Waals surface area contributed by atoms with Gasteiger partial charge in [-0.25, -0.2) is 0 Å². The van der Waals surface area contributed by atoms with Gasteiger partial charge in [0, 0.05) is 13.1 Å². The van der Waals surface area contributed by atoms with Crippen LogP contribution in [0.25, 0.3) is 0 Å². The van der Waals surface area contributed by atoms with Crippen LogP contribution in [-0.4, -0.2) is 42.3 Å². The summed E-state index contributed by atoms with van der Waals surface area (Å²) in [6, 6.07) is 1.87. The summed E-state index contributed by atoms with van der Waals surface area (Å²) in [6.45, 7) is 1.01. The Morgan fingerprint density at radius 1 is 1.50 bits per heavy atom. The lowest BCUT2D eigenvalue weighted by atomic mass is 10.1. The Morgan fingerprint density at radius 3 is 2.31 bits per heavy atom. The molecule has 0 radical (unpaired) electrons. The fourth-order valence-corrected chi connectivity index (χ4v) is 1.22. The molecule has 0 saturated heterocycles. The number of carboxylic acid groups (broad SMARTS) is 1. The van der Waals surface area contributed by atoms with Gasteiger partial charge in [0.25, 0.3) is 0 Å². The second-order valence-corrected chi connectivity index (χ2v) is 3.68. The average molecular weight is 238 g/mol. The largest absolute Gasteiger partial charge is 0.481 e. The molecule has 2 atom stereocenters. The van der Waals surface area contributed by atoms with E-state index in [-0.39, 0.29) is 6.54 Å². The van der Waals surface area contributed by atoms with Crippen LogP contribution in [0.15, 0.2) is 0 Å². The van der Waals surface area contributed by atoms with Gasteiger partial charge >= 0.3 is 12.1 Å². The minimum Gasteiger partial charge on any atom is -0.481 e. The number of halogens is 3. The maximum absolute atomic E-state index is 12.3. The van der Waals surface area contributed by atoms with Crippen molar-refractivity contribution < 1.29 is 23.1 Å². The highest BCUT2D eigenvalue weighted by Crippen LogP contribution is 2.27. The molecule has 0 amide bonds. The van der Waals surface area contributed by atoms with E-state index in [9.17, 15) is 18.0 Å². The number of rotatable bonds is 5. The minimum absolute atomic E-state index is 0.107. The lowest BCUT2D eigenvalue weighted by Gasteiger charge is -2.23. The molecular weight excluding hydrogens is 225 g/mol. The van der Waals surface area contributed by atoms with E-state index >= 15 is 0 Å². The van der Waals surface area contributed by atoms with Crippen LogP contribution in [0, 0.1) is 23.2 Å². The topological polar surface area (TPSA) is 64.3 Å². The van der Waals surface area contributed by atoms with E-state index < -0.39 is 30.5 Å². The molecule has 2 unspecified atom stereocenters. The van der Waals surface area contributed by atoms with Crippen molar-refractivity contribution in [1.29, 1.82) is 5.26 Å². The van der Waals surface area contributed by atoms with Gasteiger partial charge in [0.2, 0.25) is 0 Å². The van der Waals surface area contributed by atoms with Crippen LogP contribution in [0.2, 0.25) is 0 Å². The Hall–Kier alpha value is -1.29. The molecule has 4 nitrogen and oxygen atoms in total. The predicted molar refractivity (Wildman–Crippen MR) is 49.5 cm³/mol. The second-order valence-electron chi connectivity index (χ2n) is 3.68. The van der Waals surface area contributed by atoms with Gasteiger partial charge in [-0.3, -0.25) is 4.79 Å². The van der Waals surface area contributed by atoms with Crippen molar-refractivity contribution in [3.8, 4) is 6.07 Å². The van der Waals surface area contributed by atoms with Gasteiger partial charge in [0.1, 0.15) is 0 Å². The Kier molecular flexibility index (Phi) is 5.24. The Morgan fingerprint density at radius 2 is 2.00 bits per heavy atom. The molecule has 0 rings (SSSR count). The Balaban J connectivity index is 4.43. The van der Waals surface area contributed by atoms with E-state index in [4.69, 9.17) is 10.4 Å². The molecule has 0 aliphatic rings. The van der Waals surface area contributed by atoms with Crippen molar-refractivity contribution in [2.24, 2.45) is 11.8 Å². The summed E-state index contributed by atoms with van der Waals surface area (Å²) in [5, 5.41) is 16.9. The van der Waals surface area contributed by atoms with Crippen molar-refractivity contribution in [2.45, 2.75) is 13.1 Å². The van der Waals surface area contributed by atoms with Crippen LogP contribution >= 0.6 is 0 Å². The lowest BCUT2D eigenvalue weighted by Crippen LogP contribution is -2.41. The Bertz CT molecular complexity index is 285. The van der Waals surface area contributed by atoms with Crippen molar-refractivity contribution >= 4 is 5.97 Å². The van der Waals surface area contributed by atoms with E-state index in [2.05, 4.69) is 0 Å². The van der Waals surface area contributed by atoms with Crippen LogP contribution in [0.1, 0.15) is 6.92 Å². The van der Waals surface area contributed by atoms with Gasteiger partial charge in [-0.1, -0.05) is 0 Å². The monoisotopic (exact) mass is 238 g/mol. The van der Waals surface area contributed by atoms with E-state index in [1.165, 1.54) is 11.9 Å². The van der Waals surface area contributed by atoms with Gasteiger partial charge in [-0.2, -0.15) is 18.4 Å². The van der Waals surface area contributed by atoms with Gasteiger partial charge in [0.15, 0.2) is 5.92 Å². The summed E-state index contributed by atoms with van der Waals surface area (Å²) in [7, 11) is 1.36. The standard InChI is InChI=1S/C9H13F3N2O2/c1-6(3-13)4-14(2)5-7(8(15)16)9(10,11)12/h6-7H,4-5H2,1-2H3,(H,15,16). The first-order valence-corrected chi connectivity index (χ1v) is 4.56. The highest BCUT2D eigenvalue weighted by molar-refractivity contribution is 5.71. The summed E-state index contributed by atoms with van der Waals surface area (Å²) in [5.74, 6) is -4.75. The quantitative estimate of drug-likeness (QED) is 0.785. The molecule has 0 aliphatic carbocycles. The number of aliphatic carboxylic acids is 1. The molecule has 0 aliphatic heterocycles. The molecular formula is C9H13F3N2O2. The van der Waals surface area contributed by atoms with E-state index in [0.717, 1.165) is 0 Å². The zero-order valence-electron chi connectivity index (χ0n) is 8.95. The maximum Gasteiger partial charge on any atom is 0.403 e. The van der Waals surface area contributed by atoms with Crippen molar-refractivity contribution in [3.63, 3.8) is 0 Å². The number of nitriles is 1. The van der Waals surface area contributed by atoms with Crippen LogP contribution in [-0.2, 0) is 4.79 Å². The maximum atomic E-state index is 12.3. The normalized spacial score (nSPS) is 15.6. The van der Waals surface area contributed by atoms with Gasteiger partial charge in [0.05, 0.1) is 12.0 Å². The van der Waals surface area contributed by atoms with Crippen molar-refractivity contribution in [2.75, 3.05) is 20.1 Å². The highest BCUT2D eigenvalue weighted by atomic mass is 19.4. The number of carboxylic acids is 1. The highest BCUT2D eigenvalue weighted by Gasteiger charge is 2.45. The lowest BCUT2D eigenvalue weighted by molar-refractivity contribution is -0.196. The molecule has 0 fully saturated rings. The average Bonchev–Trinajstić information content (AvgIpc) is 2.11. The Labute approximate surface area is 91.3 Å². The first-order valence-electron chi connectivity index (χ1n) is 4.56.